The quantitative estimate of drug-likeness (QED) is 0.898. The Morgan fingerprint density at radius 1 is 1.73 bits per heavy atom. The first kappa shape index (κ1) is 11.7. The van der Waals surface area contributed by atoms with Crippen molar-refractivity contribution in [2.24, 2.45) is 5.92 Å². The lowest BCUT2D eigenvalue weighted by Gasteiger charge is -2.20. The highest BCUT2D eigenvalue weighted by molar-refractivity contribution is 9.10. The summed E-state index contributed by atoms with van der Waals surface area (Å²) in [7, 11) is 1.86. The van der Waals surface area contributed by atoms with Crippen molar-refractivity contribution >= 4 is 27.7 Å². The molecule has 0 aromatic carbocycles. The number of nitrogen functional groups attached to an aromatic ring is 1. The summed E-state index contributed by atoms with van der Waals surface area (Å²) in [6.45, 7) is 2.46. The van der Waals surface area contributed by atoms with E-state index in [9.17, 15) is 0 Å². The Labute approximate surface area is 97.1 Å². The van der Waals surface area contributed by atoms with Gasteiger partial charge >= 0.3 is 0 Å². The van der Waals surface area contributed by atoms with E-state index in [1.807, 2.05) is 18.9 Å². The molecule has 1 unspecified atom stereocenters. The number of hydrogen-bond donors (Lipinski definition) is 1. The van der Waals surface area contributed by atoms with Gasteiger partial charge in [0.1, 0.15) is 5.82 Å². The van der Waals surface area contributed by atoms with Crippen LogP contribution in [0, 0.1) is 17.2 Å². The molecule has 0 fully saturated rings. The van der Waals surface area contributed by atoms with Gasteiger partial charge in [-0.3, -0.25) is 0 Å². The maximum absolute atomic E-state index is 8.71. The second kappa shape index (κ2) is 4.94. The van der Waals surface area contributed by atoms with Crippen LogP contribution in [0.2, 0.25) is 0 Å². The lowest BCUT2D eigenvalue weighted by Crippen LogP contribution is -2.24. The van der Waals surface area contributed by atoms with Crippen molar-refractivity contribution in [2.45, 2.75) is 6.92 Å². The number of anilines is 2. The zero-order valence-electron chi connectivity index (χ0n) is 8.61. The van der Waals surface area contributed by atoms with Crippen LogP contribution in [0.1, 0.15) is 6.92 Å². The Morgan fingerprint density at radius 2 is 2.40 bits per heavy atom. The second-order valence-corrected chi connectivity index (χ2v) is 4.16. The molecule has 1 aromatic rings. The van der Waals surface area contributed by atoms with Crippen LogP contribution in [-0.4, -0.2) is 23.6 Å². The molecule has 0 spiro atoms. The van der Waals surface area contributed by atoms with Gasteiger partial charge in [-0.2, -0.15) is 10.2 Å². The van der Waals surface area contributed by atoms with Crippen LogP contribution in [0.4, 0.5) is 11.8 Å². The van der Waals surface area contributed by atoms with Crippen molar-refractivity contribution in [3.05, 3.63) is 10.7 Å². The van der Waals surface area contributed by atoms with Gasteiger partial charge in [-0.05, 0) is 22.9 Å². The maximum atomic E-state index is 8.71. The van der Waals surface area contributed by atoms with Crippen LogP contribution < -0.4 is 10.6 Å². The molecule has 1 aromatic heterocycles. The van der Waals surface area contributed by atoms with Crippen LogP contribution in [0.5, 0.6) is 0 Å². The molecular formula is C9H12BrN5. The molecule has 0 aliphatic rings. The first-order valence-corrected chi connectivity index (χ1v) is 5.22. The molecule has 0 aliphatic carbocycles. The van der Waals surface area contributed by atoms with Crippen molar-refractivity contribution in [3.63, 3.8) is 0 Å². The van der Waals surface area contributed by atoms with Gasteiger partial charge in [-0.15, -0.1) is 0 Å². The molecule has 0 aliphatic heterocycles. The average Bonchev–Trinajstić information content (AvgIpc) is 2.21. The Hall–Kier alpha value is -1.35. The van der Waals surface area contributed by atoms with Gasteiger partial charge in [0.05, 0.1) is 16.5 Å². The van der Waals surface area contributed by atoms with Crippen LogP contribution in [0.25, 0.3) is 0 Å². The van der Waals surface area contributed by atoms with E-state index in [4.69, 9.17) is 11.0 Å². The molecule has 1 heterocycles. The molecule has 80 valence electrons. The van der Waals surface area contributed by atoms with Crippen LogP contribution >= 0.6 is 15.9 Å². The molecule has 15 heavy (non-hydrogen) atoms. The predicted octanol–water partition coefficient (Wildman–Crippen LogP) is 1.42. The topological polar surface area (TPSA) is 78.8 Å². The molecule has 0 saturated carbocycles. The Bertz CT molecular complexity index is 387. The monoisotopic (exact) mass is 269 g/mol. The van der Waals surface area contributed by atoms with E-state index < -0.39 is 0 Å². The van der Waals surface area contributed by atoms with Gasteiger partial charge in [-0.1, -0.05) is 0 Å². The molecule has 0 radical (unpaired) electrons. The fourth-order valence-electron chi connectivity index (χ4n) is 1.18. The van der Waals surface area contributed by atoms with Gasteiger partial charge < -0.3 is 10.6 Å². The molecule has 1 rings (SSSR count). The minimum absolute atomic E-state index is 0.0573. The number of hydrogen-bond acceptors (Lipinski definition) is 5. The molecular weight excluding hydrogens is 258 g/mol. The summed E-state index contributed by atoms with van der Waals surface area (Å²) in [5.41, 5.74) is 5.49. The Balaban J connectivity index is 2.86. The van der Waals surface area contributed by atoms with Crippen LogP contribution in [-0.2, 0) is 0 Å². The third-order valence-electron chi connectivity index (χ3n) is 1.87. The van der Waals surface area contributed by atoms with E-state index in [-0.39, 0.29) is 11.9 Å². The van der Waals surface area contributed by atoms with Gasteiger partial charge in [0.15, 0.2) is 0 Å². The average molecular weight is 270 g/mol. The number of nitrogens with zero attached hydrogens (tertiary/aromatic N) is 4. The summed E-state index contributed by atoms with van der Waals surface area (Å²) in [4.78, 5) is 9.82. The Morgan fingerprint density at radius 3 is 3.00 bits per heavy atom. The molecule has 1 atom stereocenters. The minimum Gasteiger partial charge on any atom is -0.368 e. The number of nitriles is 1. The Kier molecular flexibility index (Phi) is 3.86. The van der Waals surface area contributed by atoms with E-state index in [0.717, 1.165) is 4.47 Å². The molecule has 5 nitrogen and oxygen atoms in total. The van der Waals surface area contributed by atoms with E-state index in [1.54, 1.807) is 6.20 Å². The summed E-state index contributed by atoms with van der Waals surface area (Å²) in [5.74, 6) is 0.868. The number of rotatable bonds is 3. The van der Waals surface area contributed by atoms with E-state index in [0.29, 0.717) is 12.4 Å². The molecule has 2 N–H and O–H groups in total. The van der Waals surface area contributed by atoms with Crippen LogP contribution in [0.3, 0.4) is 0 Å². The number of halogens is 1. The number of nitrogens with two attached hydrogens (primary N) is 1. The van der Waals surface area contributed by atoms with E-state index in [1.165, 1.54) is 0 Å². The fourth-order valence-corrected chi connectivity index (χ4v) is 1.67. The number of aromatic nitrogens is 2. The fraction of sp³-hybridized carbons (Fsp3) is 0.444. The van der Waals surface area contributed by atoms with Crippen molar-refractivity contribution in [1.29, 1.82) is 5.26 Å². The SMILES string of the molecule is CC(C#N)CN(C)c1nc(N)ncc1Br. The standard InChI is InChI=1S/C9H12BrN5/c1-6(3-11)5-15(2)8-7(10)4-13-9(12)14-8/h4,6H,5H2,1-2H3,(H2,12,13,14). The van der Waals surface area contributed by atoms with Crippen LogP contribution in [0.15, 0.2) is 10.7 Å². The van der Waals surface area contributed by atoms with Crippen molar-refractivity contribution in [3.8, 4) is 6.07 Å². The van der Waals surface area contributed by atoms with Gasteiger partial charge in [0, 0.05) is 19.8 Å². The summed E-state index contributed by atoms with van der Waals surface area (Å²) in [6.07, 6.45) is 1.60. The summed E-state index contributed by atoms with van der Waals surface area (Å²) < 4.78 is 0.768. The lowest BCUT2D eigenvalue weighted by molar-refractivity contribution is 0.708. The van der Waals surface area contributed by atoms with Crippen molar-refractivity contribution < 1.29 is 0 Å². The zero-order chi connectivity index (χ0) is 11.4. The highest BCUT2D eigenvalue weighted by Gasteiger charge is 2.11. The third-order valence-corrected chi connectivity index (χ3v) is 2.43. The van der Waals surface area contributed by atoms with Gasteiger partial charge in [0.25, 0.3) is 0 Å². The van der Waals surface area contributed by atoms with Gasteiger partial charge in [-0.25, -0.2) is 4.98 Å². The smallest absolute Gasteiger partial charge is 0.222 e. The molecule has 0 saturated heterocycles. The van der Waals surface area contributed by atoms with Gasteiger partial charge in [0.2, 0.25) is 5.95 Å². The maximum Gasteiger partial charge on any atom is 0.222 e. The molecule has 0 amide bonds. The normalized spacial score (nSPS) is 11.9. The summed E-state index contributed by atoms with van der Waals surface area (Å²) in [5, 5.41) is 8.71. The molecule has 6 heteroatoms. The highest BCUT2D eigenvalue weighted by atomic mass is 79.9. The van der Waals surface area contributed by atoms with E-state index >= 15 is 0 Å². The zero-order valence-corrected chi connectivity index (χ0v) is 10.2. The van der Waals surface area contributed by atoms with Crippen molar-refractivity contribution in [1.82, 2.24) is 9.97 Å². The minimum atomic E-state index is -0.0573. The summed E-state index contributed by atoms with van der Waals surface area (Å²) in [6, 6.07) is 2.17. The first-order chi connectivity index (χ1) is 7.04. The lowest BCUT2D eigenvalue weighted by atomic mass is 10.2. The van der Waals surface area contributed by atoms with E-state index in [2.05, 4.69) is 32.0 Å². The summed E-state index contributed by atoms with van der Waals surface area (Å²) >= 11 is 3.34. The third kappa shape index (κ3) is 3.06. The predicted molar refractivity (Wildman–Crippen MR) is 62.2 cm³/mol. The largest absolute Gasteiger partial charge is 0.368 e. The highest BCUT2D eigenvalue weighted by Crippen LogP contribution is 2.22. The molecule has 0 bridgehead atoms. The second-order valence-electron chi connectivity index (χ2n) is 3.31. The van der Waals surface area contributed by atoms with Crippen molar-refractivity contribution in [2.75, 3.05) is 24.2 Å². The first-order valence-electron chi connectivity index (χ1n) is 4.43.